The Balaban J connectivity index is 1.80. The molecule has 0 atom stereocenters. The molecule has 2 N–H and O–H groups in total. The predicted molar refractivity (Wildman–Crippen MR) is 105 cm³/mol. The number of pyridine rings is 1. The van der Waals surface area contributed by atoms with Gasteiger partial charge in [-0.25, -0.2) is 9.59 Å². The topological polar surface area (TPSA) is 118 Å². The summed E-state index contributed by atoms with van der Waals surface area (Å²) >= 11 is 0. The Labute approximate surface area is 165 Å². The summed E-state index contributed by atoms with van der Waals surface area (Å²) in [6.45, 7) is 4.65. The largest absolute Gasteiger partial charge is 0.462 e. The highest BCUT2D eigenvalue weighted by Crippen LogP contribution is 2.20. The highest BCUT2D eigenvalue weighted by Gasteiger charge is 2.24. The second kappa shape index (κ2) is 8.14. The van der Waals surface area contributed by atoms with Crippen molar-refractivity contribution in [2.75, 3.05) is 13.2 Å². The molecular formula is C21H20N2O6. The number of aromatic nitrogens is 2. The number of hydrogen-bond donors (Lipinski definition) is 2. The molecule has 0 radical (unpaired) electrons. The Morgan fingerprint density at radius 3 is 2.45 bits per heavy atom. The van der Waals surface area contributed by atoms with Crippen LogP contribution in [0.4, 0.5) is 0 Å². The number of rotatable bonds is 6. The van der Waals surface area contributed by atoms with Gasteiger partial charge in [0.25, 0.3) is 0 Å². The van der Waals surface area contributed by atoms with Gasteiger partial charge < -0.3 is 19.4 Å². The van der Waals surface area contributed by atoms with E-state index < -0.39 is 29.9 Å². The average molecular weight is 396 g/mol. The lowest BCUT2D eigenvalue weighted by Crippen LogP contribution is -2.18. The molecule has 8 nitrogen and oxygen atoms in total. The van der Waals surface area contributed by atoms with Crippen LogP contribution in [0.5, 0.6) is 0 Å². The summed E-state index contributed by atoms with van der Waals surface area (Å²) in [4.78, 5) is 54.4. The summed E-state index contributed by atoms with van der Waals surface area (Å²) in [5, 5.41) is 0.515. The van der Waals surface area contributed by atoms with Gasteiger partial charge >= 0.3 is 11.9 Å². The van der Waals surface area contributed by atoms with Crippen LogP contribution in [0.25, 0.3) is 10.9 Å². The highest BCUT2D eigenvalue weighted by atomic mass is 16.5. The zero-order valence-electron chi connectivity index (χ0n) is 16.3. The molecule has 0 amide bonds. The van der Waals surface area contributed by atoms with E-state index in [2.05, 4.69) is 9.97 Å². The van der Waals surface area contributed by atoms with E-state index >= 15 is 0 Å². The first kappa shape index (κ1) is 20.1. The van der Waals surface area contributed by atoms with Crippen molar-refractivity contribution in [2.45, 2.75) is 20.8 Å². The van der Waals surface area contributed by atoms with Crippen LogP contribution in [0.3, 0.4) is 0 Å². The van der Waals surface area contributed by atoms with Crippen LogP contribution in [0.15, 0.2) is 35.1 Å². The number of Topliss-reactive ketones (excluding diaryl/α,β-unsaturated/α-hetero) is 1. The molecule has 0 saturated heterocycles. The summed E-state index contributed by atoms with van der Waals surface area (Å²) in [6.07, 6.45) is 0. The van der Waals surface area contributed by atoms with Crippen molar-refractivity contribution in [1.29, 1.82) is 0 Å². The van der Waals surface area contributed by atoms with Crippen molar-refractivity contribution >= 4 is 28.6 Å². The molecule has 2 aromatic heterocycles. The third-order valence-corrected chi connectivity index (χ3v) is 4.50. The number of para-hydroxylation sites is 1. The number of hydrogen-bond acceptors (Lipinski definition) is 6. The first-order valence-electron chi connectivity index (χ1n) is 9.02. The van der Waals surface area contributed by atoms with Crippen LogP contribution >= 0.6 is 0 Å². The molecule has 0 saturated carbocycles. The van der Waals surface area contributed by atoms with E-state index in [-0.39, 0.29) is 17.9 Å². The van der Waals surface area contributed by atoms with Gasteiger partial charge in [0.1, 0.15) is 0 Å². The lowest BCUT2D eigenvalue weighted by atomic mass is 10.1. The molecule has 3 aromatic rings. The van der Waals surface area contributed by atoms with Gasteiger partial charge in [-0.3, -0.25) is 9.59 Å². The van der Waals surface area contributed by atoms with Crippen molar-refractivity contribution in [3.63, 3.8) is 0 Å². The molecule has 2 heterocycles. The predicted octanol–water partition coefficient (Wildman–Crippen LogP) is 2.69. The van der Waals surface area contributed by atoms with Crippen LogP contribution in [0, 0.1) is 13.8 Å². The minimum absolute atomic E-state index is 0.0729. The van der Waals surface area contributed by atoms with Crippen LogP contribution in [0.2, 0.25) is 0 Å². The Morgan fingerprint density at radius 1 is 1.00 bits per heavy atom. The van der Waals surface area contributed by atoms with Crippen molar-refractivity contribution in [3.05, 3.63) is 68.8 Å². The fourth-order valence-corrected chi connectivity index (χ4v) is 3.19. The zero-order chi connectivity index (χ0) is 21.1. The maximum absolute atomic E-state index is 12.5. The summed E-state index contributed by atoms with van der Waals surface area (Å²) in [6, 6.07) is 7.94. The molecule has 0 fully saturated rings. The molecule has 29 heavy (non-hydrogen) atoms. The number of esters is 2. The van der Waals surface area contributed by atoms with Gasteiger partial charge in [0.05, 0.1) is 23.4 Å². The molecule has 3 rings (SSSR count). The molecule has 8 heteroatoms. The number of H-pyrrole nitrogens is 2. The van der Waals surface area contributed by atoms with Gasteiger partial charge in [-0.2, -0.15) is 0 Å². The molecule has 0 bridgehead atoms. The fraction of sp³-hybridized carbons (Fsp3) is 0.238. The number of aryl methyl sites for hydroxylation is 1. The number of carbonyl (C=O) groups is 3. The molecule has 0 aliphatic heterocycles. The maximum Gasteiger partial charge on any atom is 0.340 e. The minimum Gasteiger partial charge on any atom is -0.462 e. The number of fused-ring (bicyclic) bond motifs is 1. The van der Waals surface area contributed by atoms with Crippen molar-refractivity contribution in [3.8, 4) is 0 Å². The van der Waals surface area contributed by atoms with Gasteiger partial charge in [-0.15, -0.1) is 0 Å². The molecule has 0 aliphatic carbocycles. The van der Waals surface area contributed by atoms with E-state index in [1.54, 1.807) is 45.0 Å². The zero-order valence-corrected chi connectivity index (χ0v) is 16.3. The molecule has 0 aliphatic rings. The smallest absolute Gasteiger partial charge is 0.340 e. The van der Waals surface area contributed by atoms with Crippen LogP contribution in [0.1, 0.15) is 49.4 Å². The summed E-state index contributed by atoms with van der Waals surface area (Å²) < 4.78 is 10.1. The summed E-state index contributed by atoms with van der Waals surface area (Å²) in [5.74, 6) is -1.80. The number of ketones is 1. The van der Waals surface area contributed by atoms with E-state index in [1.165, 1.54) is 0 Å². The highest BCUT2D eigenvalue weighted by molar-refractivity contribution is 6.06. The van der Waals surface area contributed by atoms with Crippen molar-refractivity contribution in [1.82, 2.24) is 9.97 Å². The Morgan fingerprint density at radius 2 is 1.72 bits per heavy atom. The van der Waals surface area contributed by atoms with Gasteiger partial charge in [0.2, 0.25) is 11.3 Å². The quantitative estimate of drug-likeness (QED) is 0.488. The molecule has 0 unspecified atom stereocenters. The van der Waals surface area contributed by atoms with Crippen molar-refractivity contribution in [2.24, 2.45) is 0 Å². The normalized spacial score (nSPS) is 10.7. The lowest BCUT2D eigenvalue weighted by Gasteiger charge is -2.07. The van der Waals surface area contributed by atoms with E-state index in [9.17, 15) is 19.2 Å². The molecule has 150 valence electrons. The van der Waals surface area contributed by atoms with Gasteiger partial charge in [-0.05, 0) is 32.4 Å². The van der Waals surface area contributed by atoms with Gasteiger partial charge in [0.15, 0.2) is 6.61 Å². The van der Waals surface area contributed by atoms with E-state index in [4.69, 9.17) is 9.47 Å². The van der Waals surface area contributed by atoms with E-state index in [1.807, 2.05) is 0 Å². The summed E-state index contributed by atoms with van der Waals surface area (Å²) in [7, 11) is 0. The monoisotopic (exact) mass is 396 g/mol. The number of carbonyl (C=O) groups excluding carboxylic acids is 3. The first-order valence-corrected chi connectivity index (χ1v) is 9.02. The van der Waals surface area contributed by atoms with Gasteiger partial charge in [-0.1, -0.05) is 18.2 Å². The second-order valence-corrected chi connectivity index (χ2v) is 6.44. The lowest BCUT2D eigenvalue weighted by molar-refractivity contribution is 0.0474. The van der Waals surface area contributed by atoms with Crippen molar-refractivity contribution < 1.29 is 23.9 Å². The van der Waals surface area contributed by atoms with Crippen LogP contribution < -0.4 is 5.56 Å². The Bertz CT molecular complexity index is 1170. The molecule has 1 aromatic carbocycles. The second-order valence-electron chi connectivity index (χ2n) is 6.44. The van der Waals surface area contributed by atoms with Crippen LogP contribution in [-0.4, -0.2) is 40.9 Å². The van der Waals surface area contributed by atoms with E-state index in [0.717, 1.165) is 6.07 Å². The third kappa shape index (κ3) is 3.96. The number of benzene rings is 1. The number of aromatic amines is 2. The molecule has 0 spiro atoms. The average Bonchev–Trinajstić information content (AvgIpc) is 2.99. The maximum atomic E-state index is 12.5. The summed E-state index contributed by atoms with van der Waals surface area (Å²) in [5.41, 5.74) is 1.52. The Kier molecular flexibility index (Phi) is 5.63. The van der Waals surface area contributed by atoms with E-state index in [0.29, 0.717) is 27.7 Å². The number of ether oxygens (including phenoxy) is 2. The standard InChI is InChI=1S/C21H20N2O6/c1-4-28-21(27)18-11(2)19(22-12(18)3)16(24)10-29-20(26)14-9-17(25)23-15-8-6-5-7-13(14)15/h5-9,22H,4,10H2,1-3H3,(H,23,25). The van der Waals surface area contributed by atoms with Crippen LogP contribution in [-0.2, 0) is 9.47 Å². The molecular weight excluding hydrogens is 376 g/mol. The van der Waals surface area contributed by atoms with Gasteiger partial charge in [0, 0.05) is 22.7 Å². The fourth-order valence-electron chi connectivity index (χ4n) is 3.19. The Hall–Kier alpha value is -3.68. The SMILES string of the molecule is CCOC(=O)c1c(C)[nH]c(C(=O)COC(=O)c2cc(=O)[nH]c3ccccc23)c1C. The number of nitrogens with one attached hydrogen (secondary N) is 2. The third-order valence-electron chi connectivity index (χ3n) is 4.50. The first-order chi connectivity index (χ1) is 13.8. The minimum atomic E-state index is -0.785.